The Morgan fingerprint density at radius 3 is 2.27 bits per heavy atom. The number of hydrogen-bond donors (Lipinski definition) is 1. The fourth-order valence-electron chi connectivity index (χ4n) is 0.417. The van der Waals surface area contributed by atoms with E-state index in [0.717, 1.165) is 6.54 Å². The fourth-order valence-corrected chi connectivity index (χ4v) is 2.07. The molecular weight excluding hydrogens is 234 g/mol. The maximum absolute atomic E-state index is 3.22. The van der Waals surface area contributed by atoms with Gasteiger partial charge in [-0.05, 0) is 17.4 Å². The maximum atomic E-state index is 3.22. The average molecular weight is 243 g/mol. The van der Waals surface area contributed by atoms with Gasteiger partial charge in [0.1, 0.15) is 16.3 Å². The summed E-state index contributed by atoms with van der Waals surface area (Å²) < 4.78 is 3.22. The van der Waals surface area contributed by atoms with E-state index in [2.05, 4.69) is 36.2 Å². The zero-order valence-corrected chi connectivity index (χ0v) is 12.7. The third-order valence-electron chi connectivity index (χ3n) is 0.840. The zero-order chi connectivity index (χ0) is 6.95. The molecule has 0 aromatic rings. The summed E-state index contributed by atoms with van der Waals surface area (Å²) >= 11 is 5.32. The van der Waals surface area contributed by atoms with Crippen LogP contribution in [-0.2, 0) is 0 Å². The second-order valence-corrected chi connectivity index (χ2v) is 5.60. The molecular formula is C4H9Al4NS2. The van der Waals surface area contributed by atoms with Crippen LogP contribution in [0.15, 0.2) is 0 Å². The highest BCUT2D eigenvalue weighted by molar-refractivity contribution is 8.83. The Labute approximate surface area is 114 Å². The molecule has 7 heteroatoms. The lowest BCUT2D eigenvalue weighted by Gasteiger charge is -1.99. The summed E-state index contributed by atoms with van der Waals surface area (Å²) in [5.41, 5.74) is 0. The Kier molecular flexibility index (Phi) is 32.7. The molecule has 0 bridgehead atoms. The van der Waals surface area contributed by atoms with Gasteiger partial charge in [-0.15, -0.1) is 5.28 Å². The van der Waals surface area contributed by atoms with Crippen molar-refractivity contribution in [2.45, 2.75) is 18.1 Å². The van der Waals surface area contributed by atoms with E-state index in [1.165, 1.54) is 18.1 Å². The molecule has 54 valence electrons. The van der Waals surface area contributed by atoms with Gasteiger partial charge in [0, 0.05) is 41.3 Å². The van der Waals surface area contributed by atoms with Crippen molar-refractivity contribution in [3.63, 3.8) is 0 Å². The Hall–Kier alpha value is 2.79. The monoisotopic (exact) mass is 243 g/mol. The molecule has 0 aromatic heterocycles. The smallest absolute Gasteiger partial charge is 0.254 e. The molecule has 1 nitrogen and oxygen atoms in total. The molecule has 0 saturated heterocycles. The second kappa shape index (κ2) is 18.5. The van der Waals surface area contributed by atoms with Crippen LogP contribution in [0.5, 0.6) is 0 Å². The van der Waals surface area contributed by atoms with E-state index in [-0.39, 0.29) is 34.7 Å². The van der Waals surface area contributed by atoms with Crippen molar-refractivity contribution in [3.8, 4) is 0 Å². The van der Waals surface area contributed by atoms with Crippen molar-refractivity contribution in [2.24, 2.45) is 0 Å². The van der Waals surface area contributed by atoms with E-state index < -0.39 is 0 Å². The third-order valence-corrected chi connectivity index (χ3v) is 3.17. The number of hydrogen-bond acceptors (Lipinski definition) is 3. The molecule has 0 heterocycles. The van der Waals surface area contributed by atoms with E-state index >= 15 is 0 Å². The van der Waals surface area contributed by atoms with Gasteiger partial charge in [0.05, 0.1) is 0 Å². The highest BCUT2D eigenvalue weighted by Gasteiger charge is 1.83. The minimum absolute atomic E-state index is 0. The van der Waals surface area contributed by atoms with E-state index in [9.17, 15) is 0 Å². The van der Waals surface area contributed by atoms with Crippen molar-refractivity contribution in [2.75, 3.05) is 6.54 Å². The van der Waals surface area contributed by atoms with Crippen LogP contribution in [0.2, 0.25) is 5.28 Å². The first-order valence-electron chi connectivity index (χ1n) is 2.87. The number of unbranched alkanes of at least 4 members (excludes halogenated alkanes) is 1. The van der Waals surface area contributed by atoms with Gasteiger partial charge in [0.25, 0.3) is 15.2 Å². The van der Waals surface area contributed by atoms with Crippen LogP contribution in [0.4, 0.5) is 0 Å². The van der Waals surface area contributed by atoms with Gasteiger partial charge in [-0.2, -0.15) is 0 Å². The van der Waals surface area contributed by atoms with Crippen LogP contribution >= 0.6 is 20.1 Å². The molecule has 0 aliphatic carbocycles. The predicted molar refractivity (Wildman–Crippen MR) is 60.2 cm³/mol. The summed E-state index contributed by atoms with van der Waals surface area (Å²) in [7, 11) is 3.36. The first-order chi connectivity index (χ1) is 4.41. The van der Waals surface area contributed by atoms with Crippen LogP contribution in [-0.4, -0.2) is 72.7 Å². The molecule has 11 heavy (non-hydrogen) atoms. The lowest BCUT2D eigenvalue weighted by molar-refractivity contribution is 0.777. The van der Waals surface area contributed by atoms with Crippen LogP contribution in [0.3, 0.4) is 0 Å². The molecule has 0 aromatic carbocycles. The normalized spacial score (nSPS) is 8.00. The van der Waals surface area contributed by atoms with Crippen LogP contribution in [0.25, 0.3) is 0 Å². The van der Waals surface area contributed by atoms with Crippen molar-refractivity contribution in [1.29, 1.82) is 0 Å². The van der Waals surface area contributed by atoms with E-state index in [1.807, 2.05) is 0 Å². The predicted octanol–water partition coefficient (Wildman–Crippen LogP) is 0.561. The average Bonchev–Trinajstić information content (AvgIpc) is 1.89. The Balaban J connectivity index is -0.000000320. The Morgan fingerprint density at radius 2 is 1.82 bits per heavy atom. The quantitative estimate of drug-likeness (QED) is 0.317. The molecule has 0 aliphatic rings. The number of nitrogens with one attached hydrogen (secondary N) is 1. The molecule has 0 saturated carbocycles. The van der Waals surface area contributed by atoms with E-state index in [0.29, 0.717) is 0 Å². The highest BCUT2D eigenvalue weighted by atomic mass is 33.2. The van der Waals surface area contributed by atoms with E-state index in [4.69, 9.17) is 0 Å². The van der Waals surface area contributed by atoms with Gasteiger partial charge in [0.2, 0.25) is 0 Å². The minimum Gasteiger partial charge on any atom is -0.256 e. The summed E-state index contributed by atoms with van der Waals surface area (Å²) in [5.74, 6) is 0. The van der Waals surface area contributed by atoms with Crippen molar-refractivity contribution < 1.29 is 0 Å². The summed E-state index contributed by atoms with van der Waals surface area (Å²) in [6.45, 7) is 1.13. The molecule has 0 atom stereocenters. The van der Waals surface area contributed by atoms with Crippen molar-refractivity contribution in [3.05, 3.63) is 0 Å². The lowest BCUT2D eigenvalue weighted by Crippen LogP contribution is -2.02. The van der Waals surface area contributed by atoms with Gasteiger partial charge in [0.15, 0.2) is 0 Å². The molecule has 0 fully saturated rings. The Bertz CT molecular complexity index is 53.4. The molecule has 1 N–H and O–H groups in total. The van der Waals surface area contributed by atoms with Gasteiger partial charge in [-0.25, -0.2) is 9.16 Å². The standard InChI is InChI=1S/C4H10NS2.4Al/c1-2-3-4-5-7-6;;;;/h5-6H,1-4H2;;;;/q;;;;+1/p-1. The van der Waals surface area contributed by atoms with Gasteiger partial charge in [-0.3, -0.25) is 4.72 Å². The van der Waals surface area contributed by atoms with Crippen LogP contribution in [0.1, 0.15) is 12.8 Å². The highest BCUT2D eigenvalue weighted by Crippen LogP contribution is 2.09. The summed E-state index contributed by atoms with van der Waals surface area (Å²) in [4.78, 5) is 0. The van der Waals surface area contributed by atoms with Gasteiger partial charge >= 0.3 is 0 Å². The summed E-state index contributed by atoms with van der Waals surface area (Å²) in [6, 6.07) is 0. The van der Waals surface area contributed by atoms with Crippen LogP contribution in [0, 0.1) is 0 Å². The minimum atomic E-state index is 0. The maximum Gasteiger partial charge on any atom is 0.254 e. The largest absolute Gasteiger partial charge is 0.256 e. The summed E-state index contributed by atoms with van der Waals surface area (Å²) in [5, 5.41) is 1.22. The zero-order valence-electron chi connectivity index (χ0n) is 6.45. The van der Waals surface area contributed by atoms with Crippen LogP contribution < -0.4 is 4.72 Å². The molecule has 0 spiro atoms. The number of rotatable bonds is 6. The topological polar surface area (TPSA) is 12.0 Å². The summed E-state index contributed by atoms with van der Waals surface area (Å²) in [6.07, 6.45) is 2.58. The molecule has 0 unspecified atom stereocenters. The molecule has 10 radical (unpaired) electrons. The molecule has 0 rings (SSSR count). The lowest BCUT2D eigenvalue weighted by atomic mass is 10.3. The first kappa shape index (κ1) is 19.4. The SMILES string of the molecule is [Al].[Al].[Al][CH2]CCCNS[S][Al]. The third kappa shape index (κ3) is 19.3. The fraction of sp³-hybridized carbons (Fsp3) is 1.00. The van der Waals surface area contributed by atoms with Gasteiger partial charge < -0.3 is 0 Å². The molecule has 0 amide bonds. The van der Waals surface area contributed by atoms with Gasteiger partial charge in [-0.1, -0.05) is 6.42 Å². The first-order valence-corrected chi connectivity index (χ1v) is 7.31. The van der Waals surface area contributed by atoms with Crippen molar-refractivity contribution >= 4 is 86.3 Å². The van der Waals surface area contributed by atoms with E-state index in [1.54, 1.807) is 20.1 Å². The second-order valence-electron chi connectivity index (χ2n) is 1.57. The van der Waals surface area contributed by atoms with Crippen molar-refractivity contribution in [1.82, 2.24) is 4.72 Å². The molecule has 0 aliphatic heterocycles. The Morgan fingerprint density at radius 1 is 1.18 bits per heavy atom.